The summed E-state index contributed by atoms with van der Waals surface area (Å²) in [5.41, 5.74) is 1.04. The minimum absolute atomic E-state index is 0.0459. The molecule has 1 amide bonds. The molecule has 6 heteroatoms. The summed E-state index contributed by atoms with van der Waals surface area (Å²) in [5, 5.41) is 1.05. The van der Waals surface area contributed by atoms with E-state index in [-0.39, 0.29) is 17.8 Å². The average Bonchev–Trinajstić information content (AvgIpc) is 2.83. The Hall–Kier alpha value is -1.43. The van der Waals surface area contributed by atoms with Gasteiger partial charge in [-0.1, -0.05) is 0 Å². The Labute approximate surface area is 135 Å². The SMILES string of the molecule is CCOC(=O)C1CCN(C(=O)CCc2sc(C)nc2C)CC1. The molecule has 0 spiro atoms. The predicted molar refractivity (Wildman–Crippen MR) is 85.8 cm³/mol. The van der Waals surface area contributed by atoms with E-state index in [1.165, 1.54) is 4.88 Å². The fourth-order valence-corrected chi connectivity index (χ4v) is 3.75. The highest BCUT2D eigenvalue weighted by molar-refractivity contribution is 7.11. The lowest BCUT2D eigenvalue weighted by Gasteiger charge is -2.31. The molecule has 2 heterocycles. The fourth-order valence-electron chi connectivity index (χ4n) is 2.81. The molecule has 1 fully saturated rings. The number of hydrogen-bond donors (Lipinski definition) is 0. The quantitative estimate of drug-likeness (QED) is 0.781. The number of ether oxygens (including phenoxy) is 1. The summed E-state index contributed by atoms with van der Waals surface area (Å²) < 4.78 is 5.05. The Kier molecular flexibility index (Phi) is 5.94. The van der Waals surface area contributed by atoms with Crippen molar-refractivity contribution in [2.45, 2.75) is 46.5 Å². The van der Waals surface area contributed by atoms with Gasteiger partial charge >= 0.3 is 5.97 Å². The van der Waals surface area contributed by atoms with Crippen LogP contribution in [-0.2, 0) is 20.7 Å². The van der Waals surface area contributed by atoms with Gasteiger partial charge in [0, 0.05) is 24.4 Å². The van der Waals surface area contributed by atoms with E-state index < -0.39 is 0 Å². The smallest absolute Gasteiger partial charge is 0.309 e. The van der Waals surface area contributed by atoms with E-state index in [4.69, 9.17) is 4.74 Å². The number of rotatable bonds is 5. The lowest BCUT2D eigenvalue weighted by molar-refractivity contribution is -0.151. The number of aryl methyl sites for hydroxylation is 3. The van der Waals surface area contributed by atoms with Crippen LogP contribution in [0.3, 0.4) is 0 Å². The minimum atomic E-state index is -0.120. The van der Waals surface area contributed by atoms with Crippen LogP contribution in [0.15, 0.2) is 0 Å². The highest BCUT2D eigenvalue weighted by atomic mass is 32.1. The summed E-state index contributed by atoms with van der Waals surface area (Å²) in [4.78, 5) is 31.4. The molecule has 0 N–H and O–H groups in total. The first-order valence-corrected chi connectivity index (χ1v) is 8.70. The number of esters is 1. The molecule has 0 unspecified atom stereocenters. The zero-order valence-corrected chi connectivity index (χ0v) is 14.4. The highest BCUT2D eigenvalue weighted by Crippen LogP contribution is 2.22. The first-order chi connectivity index (χ1) is 10.5. The standard InChI is InChI=1S/C16H24N2O3S/c1-4-21-16(20)13-7-9-18(10-8-13)15(19)6-5-14-11(2)17-12(3)22-14/h13H,4-10H2,1-3H3. The molecule has 122 valence electrons. The number of hydrogen-bond acceptors (Lipinski definition) is 5. The van der Waals surface area contributed by atoms with Gasteiger partial charge in [0.15, 0.2) is 0 Å². The van der Waals surface area contributed by atoms with E-state index in [0.29, 0.717) is 39.0 Å². The van der Waals surface area contributed by atoms with Gasteiger partial charge in [-0.25, -0.2) is 4.98 Å². The lowest BCUT2D eigenvalue weighted by Crippen LogP contribution is -2.40. The Morgan fingerprint density at radius 3 is 2.55 bits per heavy atom. The second-order valence-electron chi connectivity index (χ2n) is 5.65. The van der Waals surface area contributed by atoms with Gasteiger partial charge < -0.3 is 9.64 Å². The zero-order valence-electron chi connectivity index (χ0n) is 13.6. The Morgan fingerprint density at radius 2 is 2.00 bits per heavy atom. The van der Waals surface area contributed by atoms with E-state index in [1.807, 2.05) is 25.7 Å². The van der Waals surface area contributed by atoms with Crippen molar-refractivity contribution < 1.29 is 14.3 Å². The van der Waals surface area contributed by atoms with Gasteiger partial charge in [0.25, 0.3) is 0 Å². The number of aromatic nitrogens is 1. The van der Waals surface area contributed by atoms with Gasteiger partial charge in [-0.2, -0.15) is 0 Å². The molecule has 0 atom stereocenters. The molecule has 2 rings (SSSR count). The van der Waals surface area contributed by atoms with Gasteiger partial charge in [-0.05, 0) is 40.0 Å². The molecule has 1 aliphatic heterocycles. The monoisotopic (exact) mass is 324 g/mol. The molecule has 22 heavy (non-hydrogen) atoms. The average molecular weight is 324 g/mol. The first-order valence-electron chi connectivity index (χ1n) is 7.88. The Morgan fingerprint density at radius 1 is 1.32 bits per heavy atom. The topological polar surface area (TPSA) is 59.5 Å². The van der Waals surface area contributed by atoms with Gasteiger partial charge in [-0.15, -0.1) is 11.3 Å². The van der Waals surface area contributed by atoms with Crippen LogP contribution in [-0.4, -0.2) is 41.5 Å². The normalized spacial score (nSPS) is 15.9. The minimum Gasteiger partial charge on any atom is -0.466 e. The van der Waals surface area contributed by atoms with Crippen LogP contribution in [0.25, 0.3) is 0 Å². The first kappa shape index (κ1) is 16.9. The van der Waals surface area contributed by atoms with Crippen molar-refractivity contribution in [3.8, 4) is 0 Å². The van der Waals surface area contributed by atoms with Crippen molar-refractivity contribution >= 4 is 23.2 Å². The number of piperidine rings is 1. The zero-order chi connectivity index (χ0) is 16.1. The summed E-state index contributed by atoms with van der Waals surface area (Å²) >= 11 is 1.67. The summed E-state index contributed by atoms with van der Waals surface area (Å²) in [6, 6.07) is 0. The van der Waals surface area contributed by atoms with E-state index >= 15 is 0 Å². The summed E-state index contributed by atoms with van der Waals surface area (Å²) in [6.07, 6.45) is 2.70. The maximum Gasteiger partial charge on any atom is 0.309 e. The van der Waals surface area contributed by atoms with Gasteiger partial charge in [0.2, 0.25) is 5.91 Å². The number of nitrogens with zero attached hydrogens (tertiary/aromatic N) is 2. The van der Waals surface area contributed by atoms with Gasteiger partial charge in [-0.3, -0.25) is 9.59 Å². The highest BCUT2D eigenvalue weighted by Gasteiger charge is 2.28. The summed E-state index contributed by atoms with van der Waals surface area (Å²) in [5.74, 6) is 0.00788. The molecule has 0 radical (unpaired) electrons. The largest absolute Gasteiger partial charge is 0.466 e. The van der Waals surface area contributed by atoms with Crippen molar-refractivity contribution in [3.05, 3.63) is 15.6 Å². The second-order valence-corrected chi connectivity index (χ2v) is 6.94. The van der Waals surface area contributed by atoms with Crippen molar-refractivity contribution in [1.82, 2.24) is 9.88 Å². The summed E-state index contributed by atoms with van der Waals surface area (Å²) in [7, 11) is 0. The molecule has 1 saturated heterocycles. The second kappa shape index (κ2) is 7.72. The van der Waals surface area contributed by atoms with Crippen molar-refractivity contribution in [2.75, 3.05) is 19.7 Å². The van der Waals surface area contributed by atoms with E-state index in [9.17, 15) is 9.59 Å². The predicted octanol–water partition coefficient (Wildman–Crippen LogP) is 2.49. The molecular weight excluding hydrogens is 300 g/mol. The van der Waals surface area contributed by atoms with Crippen molar-refractivity contribution in [2.24, 2.45) is 5.92 Å². The molecule has 0 aliphatic carbocycles. The molecular formula is C16H24N2O3S. The van der Waals surface area contributed by atoms with Gasteiger partial charge in [0.05, 0.1) is 23.2 Å². The van der Waals surface area contributed by atoms with Crippen molar-refractivity contribution in [1.29, 1.82) is 0 Å². The number of thiazole rings is 1. The summed E-state index contributed by atoms with van der Waals surface area (Å²) in [6.45, 7) is 7.54. The third-order valence-electron chi connectivity index (χ3n) is 4.03. The molecule has 1 aliphatic rings. The molecule has 0 saturated carbocycles. The fraction of sp³-hybridized carbons (Fsp3) is 0.688. The van der Waals surface area contributed by atoms with Crippen molar-refractivity contribution in [3.63, 3.8) is 0 Å². The third kappa shape index (κ3) is 4.29. The van der Waals surface area contributed by atoms with Crippen LogP contribution in [0.4, 0.5) is 0 Å². The van der Waals surface area contributed by atoms with Crippen LogP contribution >= 0.6 is 11.3 Å². The molecule has 1 aromatic heterocycles. The molecule has 0 aromatic carbocycles. The van der Waals surface area contributed by atoms with Crippen LogP contribution in [0.5, 0.6) is 0 Å². The lowest BCUT2D eigenvalue weighted by atomic mass is 9.96. The van der Waals surface area contributed by atoms with Crippen LogP contribution in [0, 0.1) is 19.8 Å². The number of likely N-dealkylation sites (tertiary alicyclic amines) is 1. The molecule has 5 nitrogen and oxygen atoms in total. The molecule has 0 bridgehead atoms. The van der Waals surface area contributed by atoms with Gasteiger partial charge in [0.1, 0.15) is 0 Å². The van der Waals surface area contributed by atoms with Crippen LogP contribution in [0.2, 0.25) is 0 Å². The number of amides is 1. The Bertz CT molecular complexity index is 533. The Balaban J connectivity index is 1.78. The van der Waals surface area contributed by atoms with E-state index in [2.05, 4.69) is 4.98 Å². The maximum atomic E-state index is 12.3. The molecule has 1 aromatic rings. The van der Waals surface area contributed by atoms with E-state index in [1.54, 1.807) is 11.3 Å². The maximum absolute atomic E-state index is 12.3. The van der Waals surface area contributed by atoms with Crippen LogP contribution < -0.4 is 0 Å². The number of carbonyl (C=O) groups excluding carboxylic acids is 2. The van der Waals surface area contributed by atoms with E-state index in [0.717, 1.165) is 17.1 Å². The van der Waals surface area contributed by atoms with Crippen LogP contribution in [0.1, 0.15) is 41.8 Å². The number of carbonyl (C=O) groups is 2. The third-order valence-corrected chi connectivity index (χ3v) is 5.17.